The third-order valence-electron chi connectivity index (χ3n) is 4.26. The van der Waals surface area contributed by atoms with Gasteiger partial charge >= 0.3 is 11.8 Å². The van der Waals surface area contributed by atoms with Crippen molar-refractivity contribution in [2.75, 3.05) is 13.7 Å². The highest BCUT2D eigenvalue weighted by molar-refractivity contribution is 6.35. The van der Waals surface area contributed by atoms with Gasteiger partial charge in [0.25, 0.3) is 0 Å². The Labute approximate surface area is 159 Å². The van der Waals surface area contributed by atoms with E-state index in [0.29, 0.717) is 18.6 Å². The van der Waals surface area contributed by atoms with Crippen molar-refractivity contribution in [1.82, 2.24) is 10.6 Å². The topological polar surface area (TPSA) is 87.7 Å². The molecule has 2 aromatic carbocycles. The second-order valence-corrected chi connectivity index (χ2v) is 6.66. The predicted molar refractivity (Wildman–Crippen MR) is 103 cm³/mol. The van der Waals surface area contributed by atoms with Crippen LogP contribution in [0.15, 0.2) is 54.6 Å². The van der Waals surface area contributed by atoms with Crippen LogP contribution in [0, 0.1) is 0 Å². The van der Waals surface area contributed by atoms with Gasteiger partial charge in [-0.2, -0.15) is 0 Å². The molecule has 0 aliphatic carbocycles. The van der Waals surface area contributed by atoms with Crippen LogP contribution in [0.1, 0.15) is 24.5 Å². The standard InChI is InChI=1S/C21H26N2O4/c1-21(26,13-12-16-8-4-3-5-9-16)15-23-20(25)19(24)22-14-17-10-6-7-11-18(17)27-2/h3-11,26H,12-15H2,1-2H3,(H,22,24)(H,23,25). The molecule has 0 heterocycles. The maximum atomic E-state index is 12.0. The molecule has 0 spiro atoms. The molecular formula is C21H26N2O4. The van der Waals surface area contributed by atoms with Crippen LogP contribution in [0.5, 0.6) is 5.75 Å². The molecule has 2 aromatic rings. The van der Waals surface area contributed by atoms with Gasteiger partial charge in [0.1, 0.15) is 5.75 Å². The first kappa shape index (κ1) is 20.5. The maximum absolute atomic E-state index is 12.0. The zero-order chi connectivity index (χ0) is 19.7. The van der Waals surface area contributed by atoms with Crippen molar-refractivity contribution < 1.29 is 19.4 Å². The normalized spacial score (nSPS) is 12.7. The molecule has 1 unspecified atom stereocenters. The van der Waals surface area contributed by atoms with Crippen LogP contribution in [0.25, 0.3) is 0 Å². The summed E-state index contributed by atoms with van der Waals surface area (Å²) < 4.78 is 5.21. The molecule has 0 bridgehead atoms. The SMILES string of the molecule is COc1ccccc1CNC(=O)C(=O)NCC(C)(O)CCc1ccccc1. The summed E-state index contributed by atoms with van der Waals surface area (Å²) in [6.07, 6.45) is 1.16. The summed E-state index contributed by atoms with van der Waals surface area (Å²) >= 11 is 0. The van der Waals surface area contributed by atoms with Gasteiger partial charge in [-0.3, -0.25) is 9.59 Å². The van der Waals surface area contributed by atoms with E-state index in [9.17, 15) is 14.7 Å². The Kier molecular flexibility index (Phi) is 7.37. The van der Waals surface area contributed by atoms with E-state index in [4.69, 9.17) is 4.74 Å². The summed E-state index contributed by atoms with van der Waals surface area (Å²) in [5.74, 6) is -0.883. The predicted octanol–water partition coefficient (Wildman–Crippen LogP) is 1.81. The minimum Gasteiger partial charge on any atom is -0.496 e. The highest BCUT2D eigenvalue weighted by Crippen LogP contribution is 2.16. The lowest BCUT2D eigenvalue weighted by molar-refractivity contribution is -0.139. The molecule has 3 N–H and O–H groups in total. The summed E-state index contributed by atoms with van der Waals surface area (Å²) in [7, 11) is 1.55. The van der Waals surface area contributed by atoms with Crippen molar-refractivity contribution in [3.05, 3.63) is 65.7 Å². The van der Waals surface area contributed by atoms with Gasteiger partial charge in [-0.15, -0.1) is 0 Å². The first-order chi connectivity index (χ1) is 12.9. The number of para-hydroxylation sites is 1. The quantitative estimate of drug-likeness (QED) is 0.619. The van der Waals surface area contributed by atoms with E-state index in [1.807, 2.05) is 48.5 Å². The number of benzene rings is 2. The average molecular weight is 370 g/mol. The molecule has 144 valence electrons. The molecule has 0 fully saturated rings. The highest BCUT2D eigenvalue weighted by atomic mass is 16.5. The molecule has 0 saturated carbocycles. The van der Waals surface area contributed by atoms with Gasteiger partial charge in [-0.25, -0.2) is 0 Å². The van der Waals surface area contributed by atoms with E-state index in [0.717, 1.165) is 11.1 Å². The number of carbonyl (C=O) groups excluding carboxylic acids is 2. The van der Waals surface area contributed by atoms with E-state index in [1.165, 1.54) is 0 Å². The first-order valence-corrected chi connectivity index (χ1v) is 8.85. The van der Waals surface area contributed by atoms with Gasteiger partial charge in [0.2, 0.25) is 0 Å². The zero-order valence-corrected chi connectivity index (χ0v) is 15.7. The minimum atomic E-state index is -1.10. The summed E-state index contributed by atoms with van der Waals surface area (Å²) in [6.45, 7) is 1.82. The Morgan fingerprint density at radius 3 is 2.33 bits per heavy atom. The fourth-order valence-electron chi connectivity index (χ4n) is 2.60. The molecule has 2 rings (SSSR count). The number of aliphatic hydroxyl groups is 1. The Morgan fingerprint density at radius 2 is 1.63 bits per heavy atom. The number of hydrogen-bond acceptors (Lipinski definition) is 4. The average Bonchev–Trinajstić information content (AvgIpc) is 2.69. The van der Waals surface area contributed by atoms with Crippen molar-refractivity contribution >= 4 is 11.8 Å². The molecule has 1 atom stereocenters. The van der Waals surface area contributed by atoms with Crippen LogP contribution in [0.3, 0.4) is 0 Å². The van der Waals surface area contributed by atoms with E-state index in [-0.39, 0.29) is 13.1 Å². The number of aryl methyl sites for hydroxylation is 1. The van der Waals surface area contributed by atoms with Gasteiger partial charge in [-0.1, -0.05) is 48.5 Å². The van der Waals surface area contributed by atoms with E-state index in [1.54, 1.807) is 20.1 Å². The number of ether oxygens (including phenoxy) is 1. The summed E-state index contributed by atoms with van der Waals surface area (Å²) in [6, 6.07) is 17.0. The van der Waals surface area contributed by atoms with Crippen LogP contribution in [0.4, 0.5) is 0 Å². The summed E-state index contributed by atoms with van der Waals surface area (Å²) in [5.41, 5.74) is 0.781. The number of amides is 2. The third kappa shape index (κ3) is 6.75. The van der Waals surface area contributed by atoms with Crippen LogP contribution in [-0.4, -0.2) is 36.2 Å². The monoisotopic (exact) mass is 370 g/mol. The van der Waals surface area contributed by atoms with Crippen LogP contribution in [-0.2, 0) is 22.6 Å². The Morgan fingerprint density at radius 1 is 1.00 bits per heavy atom. The number of rotatable bonds is 8. The minimum absolute atomic E-state index is 0.000739. The van der Waals surface area contributed by atoms with Gasteiger partial charge in [0.05, 0.1) is 12.7 Å². The molecule has 0 aromatic heterocycles. The number of carbonyl (C=O) groups is 2. The summed E-state index contributed by atoms with van der Waals surface area (Å²) in [4.78, 5) is 23.9. The van der Waals surface area contributed by atoms with E-state index >= 15 is 0 Å². The Balaban J connectivity index is 1.77. The van der Waals surface area contributed by atoms with E-state index in [2.05, 4.69) is 10.6 Å². The maximum Gasteiger partial charge on any atom is 0.309 e. The molecule has 0 radical (unpaired) electrons. The van der Waals surface area contributed by atoms with Crippen molar-refractivity contribution in [1.29, 1.82) is 0 Å². The lowest BCUT2D eigenvalue weighted by atomic mass is 9.97. The molecule has 0 saturated heterocycles. The smallest absolute Gasteiger partial charge is 0.309 e. The van der Waals surface area contributed by atoms with Crippen molar-refractivity contribution in [3.63, 3.8) is 0 Å². The Hall–Kier alpha value is -2.86. The highest BCUT2D eigenvalue weighted by Gasteiger charge is 2.23. The summed E-state index contributed by atoms with van der Waals surface area (Å²) in [5, 5.41) is 15.5. The fraction of sp³-hybridized carbons (Fsp3) is 0.333. The lowest BCUT2D eigenvalue weighted by Crippen LogP contribution is -2.46. The second-order valence-electron chi connectivity index (χ2n) is 6.66. The van der Waals surface area contributed by atoms with Gasteiger partial charge in [-0.05, 0) is 31.4 Å². The van der Waals surface area contributed by atoms with Gasteiger partial charge < -0.3 is 20.5 Å². The number of hydrogen-bond donors (Lipinski definition) is 3. The van der Waals surface area contributed by atoms with Crippen LogP contribution in [0.2, 0.25) is 0 Å². The zero-order valence-electron chi connectivity index (χ0n) is 15.7. The van der Waals surface area contributed by atoms with Gasteiger partial charge in [0.15, 0.2) is 0 Å². The van der Waals surface area contributed by atoms with Crippen molar-refractivity contribution in [2.45, 2.75) is 31.9 Å². The molecule has 2 amide bonds. The van der Waals surface area contributed by atoms with E-state index < -0.39 is 17.4 Å². The molecular weight excluding hydrogens is 344 g/mol. The lowest BCUT2D eigenvalue weighted by Gasteiger charge is -2.23. The van der Waals surface area contributed by atoms with Crippen molar-refractivity contribution in [2.24, 2.45) is 0 Å². The second kappa shape index (κ2) is 9.73. The molecule has 27 heavy (non-hydrogen) atoms. The Bertz CT molecular complexity index is 760. The number of nitrogens with one attached hydrogen (secondary N) is 2. The van der Waals surface area contributed by atoms with Crippen LogP contribution < -0.4 is 15.4 Å². The molecule has 0 aliphatic heterocycles. The number of methoxy groups -OCH3 is 1. The fourth-order valence-corrected chi connectivity index (χ4v) is 2.60. The van der Waals surface area contributed by atoms with Crippen LogP contribution >= 0.6 is 0 Å². The van der Waals surface area contributed by atoms with Gasteiger partial charge in [0, 0.05) is 18.7 Å². The third-order valence-corrected chi connectivity index (χ3v) is 4.26. The first-order valence-electron chi connectivity index (χ1n) is 8.85. The van der Waals surface area contributed by atoms with Crippen molar-refractivity contribution in [3.8, 4) is 5.75 Å². The largest absolute Gasteiger partial charge is 0.496 e. The molecule has 6 nitrogen and oxygen atoms in total. The molecule has 0 aliphatic rings. The molecule has 6 heteroatoms.